The number of carboxylic acids is 1. The summed E-state index contributed by atoms with van der Waals surface area (Å²) in [4.78, 5) is 27.4. The maximum atomic E-state index is 13.9. The molecule has 5 N–H and O–H groups in total. The van der Waals surface area contributed by atoms with Crippen LogP contribution in [-0.2, 0) is 38.3 Å². The average Bonchev–Trinajstić information content (AvgIpc) is 3.74. The molecule has 2 aromatic carbocycles. The number of carbonyl (C=O) groups excluding carboxylic acids is 1. The zero-order valence-corrected chi connectivity index (χ0v) is 24.1. The second kappa shape index (κ2) is 12.3. The third-order valence-electron chi connectivity index (χ3n) is 9.16. The number of carbonyl (C=O) groups is 2. The van der Waals surface area contributed by atoms with Crippen molar-refractivity contribution in [3.63, 3.8) is 0 Å². The Hall–Kier alpha value is -3.65. The Morgan fingerprint density at radius 1 is 0.978 bits per heavy atom. The van der Waals surface area contributed by atoms with Crippen LogP contribution in [0.4, 0.5) is 13.2 Å². The molecule has 2 aliphatic carbocycles. The molecule has 0 bridgehead atoms. The molecular weight excluding hydrogens is 599 g/mol. The monoisotopic (exact) mass is 633 g/mol. The van der Waals surface area contributed by atoms with Gasteiger partial charge in [-0.1, -0.05) is 25.0 Å². The summed E-state index contributed by atoms with van der Waals surface area (Å²) in [6, 6.07) is 9.80. The normalized spacial score (nSPS) is 27.1. The first-order valence-electron chi connectivity index (χ1n) is 15.0. The molecule has 1 aliphatic heterocycles. The number of nitrogens with one attached hydrogen (secondary N) is 1. The molecule has 0 spiro atoms. The van der Waals surface area contributed by atoms with Crippen molar-refractivity contribution in [3.8, 4) is 5.75 Å². The van der Waals surface area contributed by atoms with Gasteiger partial charge < -0.3 is 39.6 Å². The fourth-order valence-corrected chi connectivity index (χ4v) is 6.85. The summed E-state index contributed by atoms with van der Waals surface area (Å²) >= 11 is 0. The maximum Gasteiger partial charge on any atom is 0.416 e. The van der Waals surface area contributed by atoms with Crippen LogP contribution in [0.15, 0.2) is 36.4 Å². The van der Waals surface area contributed by atoms with Crippen molar-refractivity contribution >= 4 is 22.8 Å². The molecule has 0 radical (unpaired) electrons. The Labute approximate surface area is 255 Å². The lowest BCUT2D eigenvalue weighted by atomic mass is 9.91. The van der Waals surface area contributed by atoms with E-state index < -0.39 is 54.4 Å². The highest BCUT2D eigenvalue weighted by Gasteiger charge is 2.48. The van der Waals surface area contributed by atoms with Gasteiger partial charge >= 0.3 is 18.1 Å². The molecule has 2 heterocycles. The molecule has 5 unspecified atom stereocenters. The number of rotatable bonds is 8. The molecule has 0 amide bonds. The SMILES string of the molecule is O=C(C[C@H]1CCc2c1[nH]c1ccc(OCc3ccc(C4CCCC4)c(C(F)(F)F)c3)cc21)OC1OC(C(=O)O)C(O)C(O)C1O. The zero-order valence-electron chi connectivity index (χ0n) is 24.1. The number of ether oxygens (including phenoxy) is 3. The first-order chi connectivity index (χ1) is 21.4. The number of alkyl halides is 3. The van der Waals surface area contributed by atoms with Crippen LogP contribution in [0, 0.1) is 0 Å². The second-order valence-electron chi connectivity index (χ2n) is 12.1. The Balaban J connectivity index is 1.12. The van der Waals surface area contributed by atoms with Crippen LogP contribution in [-0.4, -0.2) is 68.1 Å². The molecule has 3 aliphatic rings. The quantitative estimate of drug-likeness (QED) is 0.228. The Morgan fingerprint density at radius 2 is 1.73 bits per heavy atom. The highest BCUT2D eigenvalue weighted by Crippen LogP contribution is 2.43. The summed E-state index contributed by atoms with van der Waals surface area (Å²) in [7, 11) is 0. The second-order valence-corrected chi connectivity index (χ2v) is 12.1. The van der Waals surface area contributed by atoms with Crippen molar-refractivity contribution in [2.75, 3.05) is 0 Å². The number of benzene rings is 2. The van der Waals surface area contributed by atoms with Crippen molar-refractivity contribution in [3.05, 3.63) is 64.3 Å². The first kappa shape index (κ1) is 31.3. The van der Waals surface area contributed by atoms with Crippen LogP contribution in [0.1, 0.15) is 78.3 Å². The van der Waals surface area contributed by atoms with Crippen LogP contribution in [0.2, 0.25) is 0 Å². The van der Waals surface area contributed by atoms with E-state index in [0.717, 1.165) is 47.8 Å². The largest absolute Gasteiger partial charge is 0.489 e. The lowest BCUT2D eigenvalue weighted by molar-refractivity contribution is -0.286. The van der Waals surface area contributed by atoms with E-state index in [0.29, 0.717) is 29.7 Å². The zero-order chi connectivity index (χ0) is 32.0. The van der Waals surface area contributed by atoms with Crippen molar-refractivity contribution in [2.45, 2.75) is 100 Å². The van der Waals surface area contributed by atoms with Crippen LogP contribution < -0.4 is 4.74 Å². The molecule has 6 atom stereocenters. The lowest BCUT2D eigenvalue weighted by Crippen LogP contribution is -2.60. The van der Waals surface area contributed by atoms with Gasteiger partial charge in [-0.05, 0) is 72.6 Å². The fourth-order valence-electron chi connectivity index (χ4n) is 6.85. The number of aliphatic hydroxyl groups excluding tert-OH is 3. The summed E-state index contributed by atoms with van der Waals surface area (Å²) in [5.74, 6) is -2.24. The lowest BCUT2D eigenvalue weighted by Gasteiger charge is -2.38. The van der Waals surface area contributed by atoms with Crippen molar-refractivity contribution in [1.82, 2.24) is 4.98 Å². The Bertz CT molecular complexity index is 1580. The molecule has 13 heteroatoms. The summed E-state index contributed by atoms with van der Waals surface area (Å²) < 4.78 is 57.8. The van der Waals surface area contributed by atoms with Gasteiger partial charge in [0.25, 0.3) is 0 Å². The summed E-state index contributed by atoms with van der Waals surface area (Å²) in [5, 5.41) is 40.0. The summed E-state index contributed by atoms with van der Waals surface area (Å²) in [6.07, 6.45) is -9.21. The summed E-state index contributed by atoms with van der Waals surface area (Å²) in [5.41, 5.74) is 2.74. The van der Waals surface area contributed by atoms with E-state index in [2.05, 4.69) is 4.98 Å². The molecule has 10 nitrogen and oxygen atoms in total. The third-order valence-corrected chi connectivity index (χ3v) is 9.16. The number of fused-ring (bicyclic) bond motifs is 3. The molecule has 6 rings (SSSR count). The van der Waals surface area contributed by atoms with E-state index in [1.807, 2.05) is 6.07 Å². The number of H-pyrrole nitrogens is 1. The number of aromatic amines is 1. The number of aromatic nitrogens is 1. The molecule has 1 saturated carbocycles. The number of aryl methyl sites for hydroxylation is 1. The van der Waals surface area contributed by atoms with Crippen LogP contribution in [0.3, 0.4) is 0 Å². The van der Waals surface area contributed by atoms with E-state index in [4.69, 9.17) is 14.2 Å². The standard InChI is InChI=1S/C32H34F3NO9/c33-32(34,35)22-11-15(5-8-19(22)16-3-1-2-4-16)14-43-18-7-10-23-21(13-18)20-9-6-17(25(20)36-23)12-24(37)44-31-28(40)26(38)27(39)29(45-31)30(41)42/h5,7-8,10-11,13,16-17,26-29,31,36,38-40H,1-4,6,9,12,14H2,(H,41,42)/t17-,26?,27?,28?,29?,31?/m1/s1. The predicted octanol–water partition coefficient (Wildman–Crippen LogP) is 4.28. The maximum absolute atomic E-state index is 13.9. The van der Waals surface area contributed by atoms with Crippen LogP contribution >= 0.6 is 0 Å². The van der Waals surface area contributed by atoms with E-state index >= 15 is 0 Å². The highest BCUT2D eigenvalue weighted by atomic mass is 19.4. The van der Waals surface area contributed by atoms with Gasteiger partial charge in [-0.15, -0.1) is 0 Å². The minimum absolute atomic E-state index is 0.0375. The highest BCUT2D eigenvalue weighted by molar-refractivity contribution is 5.87. The third kappa shape index (κ3) is 6.26. The molecule has 2 fully saturated rings. The van der Waals surface area contributed by atoms with E-state index in [-0.39, 0.29) is 24.9 Å². The van der Waals surface area contributed by atoms with Crippen molar-refractivity contribution in [2.24, 2.45) is 0 Å². The predicted molar refractivity (Wildman–Crippen MR) is 151 cm³/mol. The number of aliphatic carboxylic acids is 1. The van der Waals surface area contributed by atoms with Gasteiger partial charge in [0.2, 0.25) is 6.29 Å². The van der Waals surface area contributed by atoms with Gasteiger partial charge in [0.1, 0.15) is 30.7 Å². The van der Waals surface area contributed by atoms with Crippen molar-refractivity contribution < 1.29 is 57.4 Å². The van der Waals surface area contributed by atoms with Gasteiger partial charge in [0.05, 0.1) is 12.0 Å². The van der Waals surface area contributed by atoms with Crippen molar-refractivity contribution in [1.29, 1.82) is 0 Å². The van der Waals surface area contributed by atoms with Gasteiger partial charge in [0, 0.05) is 22.5 Å². The Morgan fingerprint density at radius 3 is 2.44 bits per heavy atom. The minimum atomic E-state index is -4.45. The van der Waals surface area contributed by atoms with Crippen LogP contribution in [0.5, 0.6) is 5.75 Å². The molecule has 45 heavy (non-hydrogen) atoms. The number of hydrogen-bond donors (Lipinski definition) is 5. The van der Waals surface area contributed by atoms with Gasteiger partial charge in [-0.25, -0.2) is 4.79 Å². The van der Waals surface area contributed by atoms with E-state index in [1.54, 1.807) is 24.3 Å². The number of hydrogen-bond acceptors (Lipinski definition) is 8. The minimum Gasteiger partial charge on any atom is -0.489 e. The number of carboxylic acid groups (broad SMARTS) is 1. The summed E-state index contributed by atoms with van der Waals surface area (Å²) in [6.45, 7) is -0.0375. The van der Waals surface area contributed by atoms with Gasteiger partial charge in [-0.3, -0.25) is 4.79 Å². The van der Waals surface area contributed by atoms with Gasteiger partial charge in [-0.2, -0.15) is 13.2 Å². The Kier molecular flexibility index (Phi) is 8.55. The first-order valence-corrected chi connectivity index (χ1v) is 15.0. The van der Waals surface area contributed by atoms with Crippen LogP contribution in [0.25, 0.3) is 10.9 Å². The molecule has 1 saturated heterocycles. The van der Waals surface area contributed by atoms with E-state index in [9.17, 15) is 43.2 Å². The molecule has 242 valence electrons. The fraction of sp³-hybridized carbons (Fsp3) is 0.500. The van der Waals surface area contributed by atoms with E-state index in [1.165, 1.54) is 6.07 Å². The smallest absolute Gasteiger partial charge is 0.416 e. The average molecular weight is 634 g/mol. The number of halogens is 3. The number of aliphatic hydroxyl groups is 3. The van der Waals surface area contributed by atoms with Gasteiger partial charge in [0.15, 0.2) is 6.10 Å². The molecular formula is C32H34F3NO9. The molecule has 1 aromatic heterocycles. The topological polar surface area (TPSA) is 159 Å². The number of esters is 1. The molecule has 3 aromatic rings.